The lowest BCUT2D eigenvalue weighted by molar-refractivity contribution is -0.128. The molecule has 2 aromatic rings. The number of ether oxygens (including phenoxy) is 1. The highest BCUT2D eigenvalue weighted by Gasteiger charge is 2.35. The molecule has 0 radical (unpaired) electrons. The van der Waals surface area contributed by atoms with Gasteiger partial charge in [0.1, 0.15) is 11.6 Å². The fraction of sp³-hybridized carbons (Fsp3) is 0.450. The maximum Gasteiger partial charge on any atom is 0.230 e. The number of benzene rings is 1. The van der Waals surface area contributed by atoms with Crippen molar-refractivity contribution in [3.8, 4) is 5.75 Å². The van der Waals surface area contributed by atoms with Gasteiger partial charge < -0.3 is 15.0 Å². The molecule has 1 aliphatic rings. The highest BCUT2D eigenvalue weighted by atomic mass is 16.5. The van der Waals surface area contributed by atoms with Crippen molar-refractivity contribution in [2.24, 2.45) is 5.92 Å². The number of carbonyl (C=O) groups excluding carboxylic acids is 2. The average molecular weight is 370 g/mol. The number of rotatable bonds is 7. The normalized spacial score (nSPS) is 16.6. The standard InChI is InChI=1S/C20H26N4O3/c1-4-9-24-18(10-14(2)22-24)21-20(26)16-11-19(25)23(13-16)12-15-7-5-6-8-17(15)27-3/h5-8,10,16H,4,9,11-13H2,1-3H3,(H,21,26). The van der Waals surface area contributed by atoms with E-state index in [-0.39, 0.29) is 24.2 Å². The molecule has 2 heterocycles. The van der Waals surface area contributed by atoms with Gasteiger partial charge >= 0.3 is 0 Å². The van der Waals surface area contributed by atoms with Gasteiger partial charge in [-0.1, -0.05) is 25.1 Å². The fourth-order valence-corrected chi connectivity index (χ4v) is 3.40. The number of likely N-dealkylation sites (tertiary alicyclic amines) is 1. The fourth-order valence-electron chi connectivity index (χ4n) is 3.40. The molecule has 1 atom stereocenters. The molecule has 27 heavy (non-hydrogen) atoms. The van der Waals surface area contributed by atoms with Crippen molar-refractivity contribution in [2.75, 3.05) is 19.0 Å². The van der Waals surface area contributed by atoms with E-state index in [0.717, 1.165) is 30.0 Å². The molecule has 7 heteroatoms. The van der Waals surface area contributed by atoms with Gasteiger partial charge in [0.15, 0.2) is 0 Å². The molecule has 0 aliphatic carbocycles. The smallest absolute Gasteiger partial charge is 0.230 e. The first-order chi connectivity index (χ1) is 13.0. The van der Waals surface area contributed by atoms with Gasteiger partial charge in [-0.3, -0.25) is 9.59 Å². The molecular formula is C20H26N4O3. The van der Waals surface area contributed by atoms with E-state index in [9.17, 15) is 9.59 Å². The Hall–Kier alpha value is -2.83. The van der Waals surface area contributed by atoms with E-state index in [1.54, 1.807) is 16.7 Å². The lowest BCUT2D eigenvalue weighted by atomic mass is 10.1. The molecule has 1 aliphatic heterocycles. The van der Waals surface area contributed by atoms with Crippen LogP contribution in [-0.2, 0) is 22.7 Å². The van der Waals surface area contributed by atoms with Gasteiger partial charge in [0, 0.05) is 37.7 Å². The Bertz CT molecular complexity index is 830. The van der Waals surface area contributed by atoms with Gasteiger partial charge in [-0.15, -0.1) is 0 Å². The number of amides is 2. The van der Waals surface area contributed by atoms with E-state index in [4.69, 9.17) is 4.74 Å². The molecule has 1 unspecified atom stereocenters. The van der Waals surface area contributed by atoms with Crippen LogP contribution in [-0.4, -0.2) is 40.1 Å². The Kier molecular flexibility index (Phi) is 5.78. The molecule has 0 bridgehead atoms. The zero-order chi connectivity index (χ0) is 19.4. The minimum Gasteiger partial charge on any atom is -0.496 e. The lowest BCUT2D eigenvalue weighted by Crippen LogP contribution is -2.28. The van der Waals surface area contributed by atoms with Crippen LogP contribution < -0.4 is 10.1 Å². The third-order valence-electron chi connectivity index (χ3n) is 4.73. The monoisotopic (exact) mass is 370 g/mol. The van der Waals surface area contributed by atoms with Gasteiger partial charge in [0.25, 0.3) is 0 Å². The minimum atomic E-state index is -0.363. The zero-order valence-electron chi connectivity index (χ0n) is 16.1. The molecular weight excluding hydrogens is 344 g/mol. The third-order valence-corrected chi connectivity index (χ3v) is 4.73. The van der Waals surface area contributed by atoms with Crippen LogP contribution >= 0.6 is 0 Å². The molecule has 1 aromatic heterocycles. The summed E-state index contributed by atoms with van der Waals surface area (Å²) in [5.41, 5.74) is 1.80. The van der Waals surface area contributed by atoms with Gasteiger partial charge in [-0.25, -0.2) is 4.68 Å². The Morgan fingerprint density at radius 2 is 2.15 bits per heavy atom. The molecule has 7 nitrogen and oxygen atoms in total. The predicted octanol–water partition coefficient (Wildman–Crippen LogP) is 2.60. The first-order valence-electron chi connectivity index (χ1n) is 9.26. The number of nitrogens with zero attached hydrogens (tertiary/aromatic N) is 3. The molecule has 2 amide bonds. The van der Waals surface area contributed by atoms with Crippen LogP contribution in [0.2, 0.25) is 0 Å². The summed E-state index contributed by atoms with van der Waals surface area (Å²) in [6.45, 7) is 5.56. The van der Waals surface area contributed by atoms with Crippen LogP contribution in [0.5, 0.6) is 5.75 Å². The second-order valence-corrected chi connectivity index (χ2v) is 6.87. The first-order valence-corrected chi connectivity index (χ1v) is 9.26. The van der Waals surface area contributed by atoms with Gasteiger partial charge in [0.05, 0.1) is 18.7 Å². The van der Waals surface area contributed by atoms with Crippen molar-refractivity contribution in [3.63, 3.8) is 0 Å². The Morgan fingerprint density at radius 3 is 2.89 bits per heavy atom. The van der Waals surface area contributed by atoms with Crippen molar-refractivity contribution in [1.29, 1.82) is 0 Å². The second kappa shape index (κ2) is 8.24. The maximum atomic E-state index is 12.7. The first kappa shape index (κ1) is 18.9. The van der Waals surface area contributed by atoms with Crippen LogP contribution in [0.1, 0.15) is 31.0 Å². The Balaban J connectivity index is 1.65. The number of aromatic nitrogens is 2. The summed E-state index contributed by atoms with van der Waals surface area (Å²) >= 11 is 0. The summed E-state index contributed by atoms with van der Waals surface area (Å²) in [5, 5.41) is 7.34. The van der Waals surface area contributed by atoms with E-state index in [1.807, 2.05) is 37.3 Å². The van der Waals surface area contributed by atoms with Crippen molar-refractivity contribution in [3.05, 3.63) is 41.6 Å². The summed E-state index contributed by atoms with van der Waals surface area (Å²) in [6, 6.07) is 9.48. The SMILES string of the molecule is CCCn1nc(C)cc1NC(=O)C1CC(=O)N(Cc2ccccc2OC)C1. The summed E-state index contributed by atoms with van der Waals surface area (Å²) in [4.78, 5) is 26.8. The largest absolute Gasteiger partial charge is 0.496 e. The molecule has 1 aromatic carbocycles. The van der Waals surface area contributed by atoms with Crippen molar-refractivity contribution in [2.45, 2.75) is 39.8 Å². The molecule has 144 valence electrons. The zero-order valence-corrected chi connectivity index (χ0v) is 16.1. The third kappa shape index (κ3) is 4.30. The van der Waals surface area contributed by atoms with Crippen molar-refractivity contribution >= 4 is 17.6 Å². The van der Waals surface area contributed by atoms with Crippen molar-refractivity contribution < 1.29 is 14.3 Å². The number of methoxy groups -OCH3 is 1. The van der Waals surface area contributed by atoms with E-state index < -0.39 is 0 Å². The van der Waals surface area contributed by atoms with Gasteiger partial charge in [0.2, 0.25) is 11.8 Å². The molecule has 1 N–H and O–H groups in total. The lowest BCUT2D eigenvalue weighted by Gasteiger charge is -2.18. The second-order valence-electron chi connectivity index (χ2n) is 6.87. The summed E-state index contributed by atoms with van der Waals surface area (Å²) in [7, 11) is 1.61. The van der Waals surface area contributed by atoms with Crippen molar-refractivity contribution in [1.82, 2.24) is 14.7 Å². The number of anilines is 1. The number of nitrogens with one attached hydrogen (secondary N) is 1. The van der Waals surface area contributed by atoms with Crippen LogP contribution in [0.4, 0.5) is 5.82 Å². The average Bonchev–Trinajstić information content (AvgIpc) is 3.18. The van der Waals surface area contributed by atoms with Crippen LogP contribution in [0.3, 0.4) is 0 Å². The topological polar surface area (TPSA) is 76.5 Å². The summed E-state index contributed by atoms with van der Waals surface area (Å²) in [6.07, 6.45) is 1.15. The number of hydrogen-bond acceptors (Lipinski definition) is 4. The number of carbonyl (C=O) groups is 2. The van der Waals surface area contributed by atoms with Crippen LogP contribution in [0, 0.1) is 12.8 Å². The van der Waals surface area contributed by atoms with E-state index in [2.05, 4.69) is 17.3 Å². The Morgan fingerprint density at radius 1 is 1.37 bits per heavy atom. The summed E-state index contributed by atoms with van der Waals surface area (Å²) in [5.74, 6) is 0.923. The molecule has 0 saturated carbocycles. The molecule has 0 spiro atoms. The number of aryl methyl sites for hydroxylation is 2. The maximum absolute atomic E-state index is 12.7. The quantitative estimate of drug-likeness (QED) is 0.813. The summed E-state index contributed by atoms with van der Waals surface area (Å²) < 4.78 is 7.16. The van der Waals surface area contributed by atoms with E-state index >= 15 is 0 Å². The van der Waals surface area contributed by atoms with Gasteiger partial charge in [-0.05, 0) is 19.4 Å². The highest BCUT2D eigenvalue weighted by Crippen LogP contribution is 2.25. The molecule has 3 rings (SSSR count). The number of hydrogen-bond donors (Lipinski definition) is 1. The highest BCUT2D eigenvalue weighted by molar-refractivity contribution is 5.96. The van der Waals surface area contributed by atoms with Crippen LogP contribution in [0.25, 0.3) is 0 Å². The number of para-hydroxylation sites is 1. The molecule has 1 fully saturated rings. The predicted molar refractivity (Wildman–Crippen MR) is 102 cm³/mol. The molecule has 1 saturated heterocycles. The van der Waals surface area contributed by atoms with E-state index in [1.165, 1.54) is 0 Å². The Labute approximate surface area is 159 Å². The van der Waals surface area contributed by atoms with Gasteiger partial charge in [-0.2, -0.15) is 5.10 Å². The van der Waals surface area contributed by atoms with E-state index in [0.29, 0.717) is 18.9 Å². The minimum absolute atomic E-state index is 0.0145. The van der Waals surface area contributed by atoms with Crippen LogP contribution in [0.15, 0.2) is 30.3 Å².